The molecule has 2 rings (SSSR count). The van der Waals surface area contributed by atoms with E-state index in [-0.39, 0.29) is 5.82 Å². The highest BCUT2D eigenvalue weighted by Crippen LogP contribution is 2.21. The van der Waals surface area contributed by atoms with Crippen molar-refractivity contribution in [2.45, 2.75) is 39.5 Å². The second-order valence-corrected chi connectivity index (χ2v) is 4.70. The molecule has 1 saturated heterocycles. The summed E-state index contributed by atoms with van der Waals surface area (Å²) in [4.78, 5) is 10.8. The van der Waals surface area contributed by atoms with Gasteiger partial charge < -0.3 is 10.2 Å². The normalized spacial score (nSPS) is 16.5. The van der Waals surface area contributed by atoms with Gasteiger partial charge in [-0.05, 0) is 26.7 Å². The van der Waals surface area contributed by atoms with Crippen LogP contribution >= 0.6 is 0 Å². The lowest BCUT2D eigenvalue weighted by Crippen LogP contribution is -2.27. The summed E-state index contributed by atoms with van der Waals surface area (Å²) in [7, 11) is 0. The molecule has 1 aromatic rings. The number of hydrogen-bond acceptors (Lipinski definition) is 4. The van der Waals surface area contributed by atoms with E-state index in [9.17, 15) is 4.39 Å². The summed E-state index contributed by atoms with van der Waals surface area (Å²) >= 11 is 0. The Morgan fingerprint density at radius 2 is 1.83 bits per heavy atom. The standard InChI is InChI=1S/C13H21FN4/c1-3-15-12-11(14)10(2)16-13(17-12)18-8-6-4-5-7-9-18/h3-9H2,1-2H3,(H,15,16,17). The fourth-order valence-corrected chi connectivity index (χ4v) is 2.24. The van der Waals surface area contributed by atoms with Crippen LogP contribution in [-0.2, 0) is 0 Å². The molecule has 0 bridgehead atoms. The summed E-state index contributed by atoms with van der Waals surface area (Å²) in [6.07, 6.45) is 4.85. The van der Waals surface area contributed by atoms with Crippen LogP contribution in [0.3, 0.4) is 0 Å². The van der Waals surface area contributed by atoms with Crippen molar-refractivity contribution < 1.29 is 4.39 Å². The van der Waals surface area contributed by atoms with Crippen LogP contribution in [0.25, 0.3) is 0 Å². The molecule has 1 N–H and O–H groups in total. The fraction of sp³-hybridized carbons (Fsp3) is 0.692. The van der Waals surface area contributed by atoms with Gasteiger partial charge in [0, 0.05) is 19.6 Å². The Kier molecular flexibility index (Phi) is 4.33. The predicted octanol–water partition coefficient (Wildman–Crippen LogP) is 2.74. The summed E-state index contributed by atoms with van der Waals surface area (Å²) in [6, 6.07) is 0. The number of aryl methyl sites for hydroxylation is 1. The second kappa shape index (κ2) is 5.98. The van der Waals surface area contributed by atoms with E-state index in [1.807, 2.05) is 6.92 Å². The molecule has 0 radical (unpaired) electrons. The van der Waals surface area contributed by atoms with Gasteiger partial charge in [-0.2, -0.15) is 4.98 Å². The first-order valence-electron chi connectivity index (χ1n) is 6.75. The zero-order chi connectivity index (χ0) is 13.0. The minimum absolute atomic E-state index is 0.323. The molecule has 0 aliphatic carbocycles. The highest BCUT2D eigenvalue weighted by atomic mass is 19.1. The van der Waals surface area contributed by atoms with Crippen molar-refractivity contribution >= 4 is 11.8 Å². The Bertz CT molecular complexity index is 400. The van der Waals surface area contributed by atoms with Gasteiger partial charge in [0.15, 0.2) is 11.6 Å². The molecule has 1 aromatic heterocycles. The molecular weight excluding hydrogens is 231 g/mol. The monoisotopic (exact) mass is 252 g/mol. The summed E-state index contributed by atoms with van der Waals surface area (Å²) in [5.74, 6) is 0.645. The summed E-state index contributed by atoms with van der Waals surface area (Å²) in [6.45, 7) is 6.22. The molecule has 1 fully saturated rings. The smallest absolute Gasteiger partial charge is 0.227 e. The lowest BCUT2D eigenvalue weighted by molar-refractivity contribution is 0.602. The molecule has 4 nitrogen and oxygen atoms in total. The van der Waals surface area contributed by atoms with Gasteiger partial charge in [-0.1, -0.05) is 12.8 Å². The number of nitrogens with one attached hydrogen (secondary N) is 1. The molecular formula is C13H21FN4. The van der Waals surface area contributed by atoms with Crippen molar-refractivity contribution in [3.8, 4) is 0 Å². The molecule has 100 valence electrons. The first-order chi connectivity index (χ1) is 8.72. The Balaban J connectivity index is 2.26. The largest absolute Gasteiger partial charge is 0.368 e. The fourth-order valence-electron chi connectivity index (χ4n) is 2.24. The zero-order valence-electron chi connectivity index (χ0n) is 11.2. The van der Waals surface area contributed by atoms with Gasteiger partial charge in [0.25, 0.3) is 0 Å². The predicted molar refractivity (Wildman–Crippen MR) is 71.6 cm³/mol. The molecule has 0 amide bonds. The van der Waals surface area contributed by atoms with Crippen molar-refractivity contribution in [2.24, 2.45) is 0 Å². The summed E-state index contributed by atoms with van der Waals surface area (Å²) in [5, 5.41) is 2.96. The van der Waals surface area contributed by atoms with Crippen LogP contribution in [0.2, 0.25) is 0 Å². The van der Waals surface area contributed by atoms with Crippen LogP contribution in [0.15, 0.2) is 0 Å². The zero-order valence-corrected chi connectivity index (χ0v) is 11.2. The third-order valence-electron chi connectivity index (χ3n) is 3.24. The third-order valence-corrected chi connectivity index (χ3v) is 3.24. The van der Waals surface area contributed by atoms with Crippen molar-refractivity contribution in [1.82, 2.24) is 9.97 Å². The minimum atomic E-state index is -0.338. The minimum Gasteiger partial charge on any atom is -0.368 e. The highest BCUT2D eigenvalue weighted by Gasteiger charge is 2.16. The molecule has 1 aliphatic rings. The number of halogens is 1. The Morgan fingerprint density at radius 1 is 1.17 bits per heavy atom. The molecule has 0 atom stereocenters. The van der Waals surface area contributed by atoms with Gasteiger partial charge >= 0.3 is 0 Å². The molecule has 0 aromatic carbocycles. The summed E-state index contributed by atoms with van der Waals surface area (Å²) < 4.78 is 13.8. The maximum atomic E-state index is 13.8. The summed E-state index contributed by atoms with van der Waals surface area (Å²) in [5.41, 5.74) is 0.417. The van der Waals surface area contributed by atoms with Crippen molar-refractivity contribution in [3.05, 3.63) is 11.5 Å². The van der Waals surface area contributed by atoms with Crippen molar-refractivity contribution in [2.75, 3.05) is 29.9 Å². The van der Waals surface area contributed by atoms with Crippen LogP contribution in [0.4, 0.5) is 16.2 Å². The SMILES string of the molecule is CCNc1nc(N2CCCCCC2)nc(C)c1F. The van der Waals surface area contributed by atoms with Gasteiger partial charge in [-0.3, -0.25) is 0 Å². The molecule has 0 spiro atoms. The Morgan fingerprint density at radius 3 is 2.44 bits per heavy atom. The average molecular weight is 252 g/mol. The van der Waals surface area contributed by atoms with Crippen LogP contribution in [0.5, 0.6) is 0 Å². The number of nitrogens with zero attached hydrogens (tertiary/aromatic N) is 3. The Labute approximate surface area is 108 Å². The van der Waals surface area contributed by atoms with Gasteiger partial charge in [-0.25, -0.2) is 9.37 Å². The van der Waals surface area contributed by atoms with E-state index in [0.29, 0.717) is 24.0 Å². The first-order valence-corrected chi connectivity index (χ1v) is 6.75. The second-order valence-electron chi connectivity index (χ2n) is 4.70. The van der Waals surface area contributed by atoms with Gasteiger partial charge in [-0.15, -0.1) is 0 Å². The van der Waals surface area contributed by atoms with E-state index in [1.165, 1.54) is 12.8 Å². The van der Waals surface area contributed by atoms with Gasteiger partial charge in [0.1, 0.15) is 0 Å². The molecule has 2 heterocycles. The molecule has 0 unspecified atom stereocenters. The maximum absolute atomic E-state index is 13.8. The Hall–Kier alpha value is -1.39. The van der Waals surface area contributed by atoms with E-state index >= 15 is 0 Å². The molecule has 1 aliphatic heterocycles. The first kappa shape index (κ1) is 13.1. The highest BCUT2D eigenvalue weighted by molar-refractivity contribution is 5.45. The number of hydrogen-bond donors (Lipinski definition) is 1. The van der Waals surface area contributed by atoms with E-state index in [4.69, 9.17) is 0 Å². The quantitative estimate of drug-likeness (QED) is 0.898. The third kappa shape index (κ3) is 2.89. The number of anilines is 2. The van der Waals surface area contributed by atoms with Crippen molar-refractivity contribution in [3.63, 3.8) is 0 Å². The van der Waals surface area contributed by atoms with Crippen LogP contribution in [-0.4, -0.2) is 29.6 Å². The van der Waals surface area contributed by atoms with Gasteiger partial charge in [0.2, 0.25) is 5.95 Å². The molecule has 5 heteroatoms. The van der Waals surface area contributed by atoms with Crippen LogP contribution in [0, 0.1) is 12.7 Å². The van der Waals surface area contributed by atoms with E-state index in [2.05, 4.69) is 20.2 Å². The maximum Gasteiger partial charge on any atom is 0.227 e. The lowest BCUT2D eigenvalue weighted by atomic mass is 10.2. The lowest BCUT2D eigenvalue weighted by Gasteiger charge is -2.21. The van der Waals surface area contributed by atoms with Gasteiger partial charge in [0.05, 0.1) is 5.69 Å². The molecule has 0 saturated carbocycles. The van der Waals surface area contributed by atoms with Crippen LogP contribution < -0.4 is 10.2 Å². The van der Waals surface area contributed by atoms with Crippen LogP contribution in [0.1, 0.15) is 38.3 Å². The van der Waals surface area contributed by atoms with Crippen molar-refractivity contribution in [1.29, 1.82) is 0 Å². The number of aromatic nitrogens is 2. The topological polar surface area (TPSA) is 41.1 Å². The van der Waals surface area contributed by atoms with E-state index in [1.54, 1.807) is 6.92 Å². The average Bonchev–Trinajstić information content (AvgIpc) is 2.63. The van der Waals surface area contributed by atoms with E-state index < -0.39 is 0 Å². The number of rotatable bonds is 3. The molecule has 18 heavy (non-hydrogen) atoms. The van der Waals surface area contributed by atoms with E-state index in [0.717, 1.165) is 25.9 Å².